The zero-order chi connectivity index (χ0) is 10.1. The second-order valence-electron chi connectivity index (χ2n) is 2.95. The van der Waals surface area contributed by atoms with E-state index in [0.717, 1.165) is 17.0 Å². The van der Waals surface area contributed by atoms with E-state index in [1.807, 2.05) is 19.1 Å². The van der Waals surface area contributed by atoms with E-state index >= 15 is 0 Å². The number of nitrogens with zero attached hydrogens (tertiary/aromatic N) is 1. The monoisotopic (exact) mass is 227 g/mol. The third-order valence-electron chi connectivity index (χ3n) is 1.84. The highest BCUT2D eigenvalue weighted by Crippen LogP contribution is 2.27. The summed E-state index contributed by atoms with van der Waals surface area (Å²) in [5.74, 6) is 0.770. The first kappa shape index (κ1) is 9.56. The Labute approximate surface area is 91.4 Å². The molecular formula is C10H7Cl2NO. The zero-order valence-corrected chi connectivity index (χ0v) is 8.93. The molecule has 0 amide bonds. The molecule has 14 heavy (non-hydrogen) atoms. The second-order valence-corrected chi connectivity index (χ2v) is 3.77. The molecule has 0 radical (unpaired) electrons. The van der Waals surface area contributed by atoms with Crippen molar-refractivity contribution in [3.63, 3.8) is 0 Å². The standard InChI is InChI=1S/C10H7Cl2NO/c1-6-4-10(13-14-6)7-2-3-8(11)9(12)5-7/h2-5H,1H3. The zero-order valence-electron chi connectivity index (χ0n) is 7.42. The first-order valence-corrected chi connectivity index (χ1v) is 4.81. The van der Waals surface area contributed by atoms with Gasteiger partial charge in [0, 0.05) is 11.6 Å². The molecular weight excluding hydrogens is 221 g/mol. The van der Waals surface area contributed by atoms with Gasteiger partial charge in [-0.2, -0.15) is 0 Å². The summed E-state index contributed by atoms with van der Waals surface area (Å²) in [7, 11) is 0. The minimum atomic E-state index is 0.518. The number of halogens is 2. The fourth-order valence-corrected chi connectivity index (χ4v) is 1.46. The van der Waals surface area contributed by atoms with Crippen molar-refractivity contribution in [3.05, 3.63) is 40.1 Å². The average molecular weight is 228 g/mol. The van der Waals surface area contributed by atoms with E-state index < -0.39 is 0 Å². The first-order valence-electron chi connectivity index (χ1n) is 4.05. The van der Waals surface area contributed by atoms with Gasteiger partial charge in [0.2, 0.25) is 0 Å². The summed E-state index contributed by atoms with van der Waals surface area (Å²) in [4.78, 5) is 0. The van der Waals surface area contributed by atoms with Gasteiger partial charge in [0.05, 0.1) is 10.0 Å². The van der Waals surface area contributed by atoms with Crippen molar-refractivity contribution < 1.29 is 4.52 Å². The van der Waals surface area contributed by atoms with Gasteiger partial charge in [-0.15, -0.1) is 0 Å². The molecule has 0 unspecified atom stereocenters. The van der Waals surface area contributed by atoms with Crippen molar-refractivity contribution in [2.75, 3.05) is 0 Å². The van der Waals surface area contributed by atoms with Gasteiger partial charge in [0.25, 0.3) is 0 Å². The first-order chi connectivity index (χ1) is 6.66. The van der Waals surface area contributed by atoms with E-state index in [-0.39, 0.29) is 0 Å². The lowest BCUT2D eigenvalue weighted by Crippen LogP contribution is -1.77. The Morgan fingerprint density at radius 3 is 2.50 bits per heavy atom. The van der Waals surface area contributed by atoms with Crippen LogP contribution in [0.25, 0.3) is 11.3 Å². The van der Waals surface area contributed by atoms with Gasteiger partial charge in [-0.05, 0) is 19.1 Å². The van der Waals surface area contributed by atoms with Crippen LogP contribution in [0.2, 0.25) is 10.0 Å². The van der Waals surface area contributed by atoms with Crippen LogP contribution in [0.3, 0.4) is 0 Å². The van der Waals surface area contributed by atoms with Crippen LogP contribution in [0.1, 0.15) is 5.76 Å². The smallest absolute Gasteiger partial charge is 0.134 e. The van der Waals surface area contributed by atoms with Crippen molar-refractivity contribution in [1.29, 1.82) is 0 Å². The predicted molar refractivity (Wildman–Crippen MR) is 56.7 cm³/mol. The van der Waals surface area contributed by atoms with Gasteiger partial charge in [-0.3, -0.25) is 0 Å². The Hall–Kier alpha value is -0.990. The summed E-state index contributed by atoms with van der Waals surface area (Å²) in [6, 6.07) is 7.20. The van der Waals surface area contributed by atoms with E-state index in [1.54, 1.807) is 12.1 Å². The largest absolute Gasteiger partial charge is 0.361 e. The number of hydrogen-bond donors (Lipinski definition) is 0. The molecule has 2 rings (SSSR count). The van der Waals surface area contributed by atoms with Crippen molar-refractivity contribution in [2.24, 2.45) is 0 Å². The van der Waals surface area contributed by atoms with Gasteiger partial charge >= 0.3 is 0 Å². The van der Waals surface area contributed by atoms with Gasteiger partial charge < -0.3 is 4.52 Å². The third kappa shape index (κ3) is 1.76. The molecule has 1 aromatic carbocycles. The van der Waals surface area contributed by atoms with E-state index in [2.05, 4.69) is 5.16 Å². The maximum absolute atomic E-state index is 5.88. The second kappa shape index (κ2) is 3.64. The van der Waals surface area contributed by atoms with Gasteiger partial charge in [0.1, 0.15) is 11.5 Å². The Morgan fingerprint density at radius 2 is 1.93 bits per heavy atom. The minimum Gasteiger partial charge on any atom is -0.361 e. The van der Waals surface area contributed by atoms with Crippen LogP contribution in [0.15, 0.2) is 28.8 Å². The molecule has 0 saturated heterocycles. The summed E-state index contributed by atoms with van der Waals surface area (Å²) >= 11 is 11.7. The van der Waals surface area contributed by atoms with E-state index in [0.29, 0.717) is 10.0 Å². The van der Waals surface area contributed by atoms with Crippen molar-refractivity contribution >= 4 is 23.2 Å². The Bertz CT molecular complexity index is 465. The summed E-state index contributed by atoms with van der Waals surface area (Å²) in [5, 5.41) is 4.94. The van der Waals surface area contributed by atoms with Crippen LogP contribution < -0.4 is 0 Å². The highest BCUT2D eigenvalue weighted by Gasteiger charge is 2.05. The van der Waals surface area contributed by atoms with Gasteiger partial charge in [-0.1, -0.05) is 34.4 Å². The van der Waals surface area contributed by atoms with Crippen LogP contribution >= 0.6 is 23.2 Å². The van der Waals surface area contributed by atoms with E-state index in [9.17, 15) is 0 Å². The number of hydrogen-bond acceptors (Lipinski definition) is 2. The molecule has 0 saturated carbocycles. The number of rotatable bonds is 1. The van der Waals surface area contributed by atoms with E-state index in [1.165, 1.54) is 0 Å². The molecule has 1 heterocycles. The predicted octanol–water partition coefficient (Wildman–Crippen LogP) is 3.96. The minimum absolute atomic E-state index is 0.518. The molecule has 4 heteroatoms. The highest BCUT2D eigenvalue weighted by molar-refractivity contribution is 6.42. The van der Waals surface area contributed by atoms with Crippen LogP contribution in [0.5, 0.6) is 0 Å². The SMILES string of the molecule is Cc1cc(-c2ccc(Cl)c(Cl)c2)no1. The Kier molecular flexibility index (Phi) is 2.48. The van der Waals surface area contributed by atoms with Gasteiger partial charge in [-0.25, -0.2) is 0 Å². The molecule has 0 fully saturated rings. The molecule has 0 N–H and O–H groups in total. The number of benzene rings is 1. The van der Waals surface area contributed by atoms with Crippen LogP contribution in [0, 0.1) is 6.92 Å². The van der Waals surface area contributed by atoms with Crippen LogP contribution in [-0.2, 0) is 0 Å². The lowest BCUT2D eigenvalue weighted by Gasteiger charge is -1.97. The van der Waals surface area contributed by atoms with Crippen LogP contribution in [-0.4, -0.2) is 5.16 Å². The lowest BCUT2D eigenvalue weighted by molar-refractivity contribution is 0.399. The third-order valence-corrected chi connectivity index (χ3v) is 2.58. The molecule has 1 aromatic heterocycles. The maximum atomic E-state index is 5.88. The fraction of sp³-hybridized carbons (Fsp3) is 0.100. The normalized spacial score (nSPS) is 10.5. The molecule has 0 bridgehead atoms. The molecule has 0 atom stereocenters. The maximum Gasteiger partial charge on any atom is 0.134 e. The Balaban J connectivity index is 2.47. The molecule has 72 valence electrons. The molecule has 2 nitrogen and oxygen atoms in total. The summed E-state index contributed by atoms with van der Waals surface area (Å²) < 4.78 is 4.96. The molecule has 0 aliphatic carbocycles. The number of aromatic nitrogens is 1. The quantitative estimate of drug-likeness (QED) is 0.738. The van der Waals surface area contributed by atoms with Crippen molar-refractivity contribution in [2.45, 2.75) is 6.92 Å². The summed E-state index contributed by atoms with van der Waals surface area (Å²) in [6.45, 7) is 1.84. The molecule has 2 aromatic rings. The lowest BCUT2D eigenvalue weighted by atomic mass is 10.1. The molecule has 0 aliphatic heterocycles. The number of aryl methyl sites for hydroxylation is 1. The topological polar surface area (TPSA) is 26.0 Å². The van der Waals surface area contributed by atoms with Gasteiger partial charge in [0.15, 0.2) is 0 Å². The average Bonchev–Trinajstić information content (AvgIpc) is 2.57. The summed E-state index contributed by atoms with van der Waals surface area (Å²) in [5.41, 5.74) is 1.66. The van der Waals surface area contributed by atoms with E-state index in [4.69, 9.17) is 27.7 Å². The van der Waals surface area contributed by atoms with Crippen molar-refractivity contribution in [3.8, 4) is 11.3 Å². The fourth-order valence-electron chi connectivity index (χ4n) is 1.16. The molecule has 0 aliphatic rings. The Morgan fingerprint density at radius 1 is 1.14 bits per heavy atom. The highest BCUT2D eigenvalue weighted by atomic mass is 35.5. The van der Waals surface area contributed by atoms with Crippen LogP contribution in [0.4, 0.5) is 0 Å². The summed E-state index contributed by atoms with van der Waals surface area (Å²) in [6.07, 6.45) is 0. The van der Waals surface area contributed by atoms with Crippen molar-refractivity contribution in [1.82, 2.24) is 5.16 Å². The molecule has 0 spiro atoms.